The van der Waals surface area contributed by atoms with Crippen molar-refractivity contribution in [3.8, 4) is 0 Å². The third-order valence-corrected chi connectivity index (χ3v) is 3.31. The summed E-state index contributed by atoms with van der Waals surface area (Å²) >= 11 is 0. The van der Waals surface area contributed by atoms with E-state index in [0.717, 1.165) is 0 Å². The number of nitrogens with zero attached hydrogens (tertiary/aromatic N) is 2. The summed E-state index contributed by atoms with van der Waals surface area (Å²) in [6, 6.07) is 4.31. The summed E-state index contributed by atoms with van der Waals surface area (Å²) in [5, 5.41) is 16.4. The maximum absolute atomic E-state index is 12.4. The quantitative estimate of drug-likeness (QED) is 0.627. The zero-order valence-electron chi connectivity index (χ0n) is 11.6. The van der Waals surface area contributed by atoms with Crippen LogP contribution in [0.4, 0.5) is 11.4 Å². The van der Waals surface area contributed by atoms with Crippen molar-refractivity contribution in [2.24, 2.45) is 0 Å². The van der Waals surface area contributed by atoms with Crippen molar-refractivity contribution in [3.05, 3.63) is 33.9 Å². The second kappa shape index (κ2) is 6.21. The Morgan fingerprint density at radius 2 is 2.19 bits per heavy atom. The number of carbonyl (C=O) groups is 2. The van der Waals surface area contributed by atoms with Crippen molar-refractivity contribution in [1.29, 1.82) is 0 Å². The van der Waals surface area contributed by atoms with Crippen LogP contribution < -0.4 is 10.6 Å². The number of carbonyl (C=O) groups excluding carboxylic acids is 2. The number of anilines is 1. The van der Waals surface area contributed by atoms with E-state index in [1.165, 1.54) is 17.0 Å². The summed E-state index contributed by atoms with van der Waals surface area (Å²) in [6.45, 7) is 1.10. The molecule has 0 spiro atoms. The molecule has 0 saturated carbocycles. The molecule has 2 rings (SSSR count). The van der Waals surface area contributed by atoms with Crippen LogP contribution in [0, 0.1) is 10.1 Å². The summed E-state index contributed by atoms with van der Waals surface area (Å²) < 4.78 is 0. The average Bonchev–Trinajstić information content (AvgIpc) is 2.70. The first-order valence-electron chi connectivity index (χ1n) is 6.55. The number of nitro groups is 1. The van der Waals surface area contributed by atoms with Crippen molar-refractivity contribution < 1.29 is 14.5 Å². The van der Waals surface area contributed by atoms with Crippen molar-refractivity contribution >= 4 is 23.2 Å². The number of nitro benzene ring substituents is 1. The molecule has 0 aliphatic carbocycles. The molecule has 1 aliphatic rings. The number of amides is 2. The zero-order valence-corrected chi connectivity index (χ0v) is 11.6. The monoisotopic (exact) mass is 292 g/mol. The molecule has 2 N–H and O–H groups in total. The largest absolute Gasteiger partial charge is 0.383 e. The Bertz CT molecular complexity index is 588. The van der Waals surface area contributed by atoms with E-state index in [-0.39, 0.29) is 29.5 Å². The van der Waals surface area contributed by atoms with Gasteiger partial charge in [0, 0.05) is 44.7 Å². The third-order valence-electron chi connectivity index (χ3n) is 3.31. The molecule has 8 nitrogen and oxygen atoms in total. The summed E-state index contributed by atoms with van der Waals surface area (Å²) in [5.74, 6) is -0.404. The van der Waals surface area contributed by atoms with Crippen LogP contribution in [0.25, 0.3) is 0 Å². The molecule has 1 aromatic rings. The fraction of sp³-hybridized carbons (Fsp3) is 0.385. The van der Waals surface area contributed by atoms with Crippen LogP contribution >= 0.6 is 0 Å². The van der Waals surface area contributed by atoms with Gasteiger partial charge in [0.05, 0.1) is 4.92 Å². The van der Waals surface area contributed by atoms with Gasteiger partial charge in [-0.15, -0.1) is 0 Å². The predicted octanol–water partition coefficient (Wildman–Crippen LogP) is 0.599. The lowest BCUT2D eigenvalue weighted by Crippen LogP contribution is -2.34. The SMILES string of the molecule is CNc1ccc(C(=O)N2CCNC(=O)CC2)cc1[N+](=O)[O-]. The molecule has 0 bridgehead atoms. The van der Waals surface area contributed by atoms with Crippen molar-refractivity contribution in [1.82, 2.24) is 10.2 Å². The van der Waals surface area contributed by atoms with Crippen LogP contribution in [0.5, 0.6) is 0 Å². The first-order chi connectivity index (χ1) is 10.0. The van der Waals surface area contributed by atoms with E-state index in [1.807, 2.05) is 0 Å². The minimum Gasteiger partial charge on any atom is -0.383 e. The Morgan fingerprint density at radius 1 is 1.43 bits per heavy atom. The molecule has 2 amide bonds. The van der Waals surface area contributed by atoms with E-state index < -0.39 is 4.92 Å². The fourth-order valence-electron chi connectivity index (χ4n) is 2.18. The molecule has 112 valence electrons. The van der Waals surface area contributed by atoms with Gasteiger partial charge in [-0.25, -0.2) is 0 Å². The number of rotatable bonds is 3. The topological polar surface area (TPSA) is 105 Å². The molecular formula is C13H16N4O4. The van der Waals surface area contributed by atoms with Crippen LogP contribution in [0.2, 0.25) is 0 Å². The first kappa shape index (κ1) is 14.8. The molecule has 8 heteroatoms. The highest BCUT2D eigenvalue weighted by molar-refractivity contribution is 5.96. The van der Waals surface area contributed by atoms with Gasteiger partial charge in [0.25, 0.3) is 11.6 Å². The minimum atomic E-state index is -0.532. The van der Waals surface area contributed by atoms with E-state index in [4.69, 9.17) is 0 Å². The van der Waals surface area contributed by atoms with Crippen LogP contribution in [0.15, 0.2) is 18.2 Å². The molecule has 1 fully saturated rings. The summed E-state index contributed by atoms with van der Waals surface area (Å²) in [6.07, 6.45) is 0.239. The number of hydrogen-bond acceptors (Lipinski definition) is 5. The molecule has 1 saturated heterocycles. The molecular weight excluding hydrogens is 276 g/mol. The Kier molecular flexibility index (Phi) is 4.36. The van der Waals surface area contributed by atoms with E-state index in [0.29, 0.717) is 25.3 Å². The molecule has 21 heavy (non-hydrogen) atoms. The molecule has 1 aromatic carbocycles. The highest BCUT2D eigenvalue weighted by Crippen LogP contribution is 2.25. The highest BCUT2D eigenvalue weighted by Gasteiger charge is 2.22. The van der Waals surface area contributed by atoms with Crippen LogP contribution in [0.3, 0.4) is 0 Å². The smallest absolute Gasteiger partial charge is 0.293 e. The van der Waals surface area contributed by atoms with Gasteiger partial charge in [0.1, 0.15) is 5.69 Å². The summed E-state index contributed by atoms with van der Waals surface area (Å²) in [7, 11) is 1.58. The van der Waals surface area contributed by atoms with Crippen molar-refractivity contribution in [3.63, 3.8) is 0 Å². The normalized spacial score (nSPS) is 15.1. The van der Waals surface area contributed by atoms with Crippen LogP contribution in [-0.2, 0) is 4.79 Å². The Morgan fingerprint density at radius 3 is 2.86 bits per heavy atom. The molecule has 0 aromatic heterocycles. The second-order valence-corrected chi connectivity index (χ2v) is 4.63. The lowest BCUT2D eigenvalue weighted by atomic mass is 10.1. The minimum absolute atomic E-state index is 0.0955. The van der Waals surface area contributed by atoms with Gasteiger partial charge in [-0.05, 0) is 12.1 Å². The lowest BCUT2D eigenvalue weighted by Gasteiger charge is -2.19. The van der Waals surface area contributed by atoms with E-state index in [9.17, 15) is 19.7 Å². The Labute approximate surface area is 121 Å². The lowest BCUT2D eigenvalue weighted by molar-refractivity contribution is -0.384. The zero-order chi connectivity index (χ0) is 15.4. The van der Waals surface area contributed by atoms with Gasteiger partial charge in [0.2, 0.25) is 5.91 Å². The van der Waals surface area contributed by atoms with Gasteiger partial charge in [-0.2, -0.15) is 0 Å². The Balaban J connectivity index is 2.24. The molecule has 1 heterocycles. The van der Waals surface area contributed by atoms with Gasteiger partial charge in [-0.3, -0.25) is 19.7 Å². The maximum Gasteiger partial charge on any atom is 0.293 e. The van der Waals surface area contributed by atoms with Crippen LogP contribution in [-0.4, -0.2) is 48.3 Å². The number of benzene rings is 1. The Hall–Kier alpha value is -2.64. The van der Waals surface area contributed by atoms with Gasteiger partial charge in [0.15, 0.2) is 0 Å². The maximum atomic E-state index is 12.4. The van der Waals surface area contributed by atoms with Gasteiger partial charge in [-0.1, -0.05) is 0 Å². The summed E-state index contributed by atoms with van der Waals surface area (Å²) in [5.41, 5.74) is 0.451. The molecule has 1 aliphatic heterocycles. The molecule has 0 unspecified atom stereocenters. The van der Waals surface area contributed by atoms with Crippen molar-refractivity contribution in [2.45, 2.75) is 6.42 Å². The first-order valence-corrected chi connectivity index (χ1v) is 6.55. The average molecular weight is 292 g/mol. The van der Waals surface area contributed by atoms with Gasteiger partial charge >= 0.3 is 0 Å². The molecule has 0 atom stereocenters. The molecule has 0 radical (unpaired) electrons. The van der Waals surface area contributed by atoms with Gasteiger partial charge < -0.3 is 15.5 Å². The standard InChI is InChI=1S/C13H16N4O4/c1-14-10-3-2-9(8-11(10)17(20)21)13(19)16-6-4-12(18)15-5-7-16/h2-3,8,14H,4-7H2,1H3,(H,15,18). The van der Waals surface area contributed by atoms with Crippen molar-refractivity contribution in [2.75, 3.05) is 32.0 Å². The highest BCUT2D eigenvalue weighted by atomic mass is 16.6. The number of nitrogens with one attached hydrogen (secondary N) is 2. The fourth-order valence-corrected chi connectivity index (χ4v) is 2.18. The predicted molar refractivity (Wildman–Crippen MR) is 76.2 cm³/mol. The van der Waals surface area contributed by atoms with E-state index >= 15 is 0 Å². The van der Waals surface area contributed by atoms with E-state index in [2.05, 4.69) is 10.6 Å². The van der Waals surface area contributed by atoms with Crippen LogP contribution in [0.1, 0.15) is 16.8 Å². The van der Waals surface area contributed by atoms with E-state index in [1.54, 1.807) is 13.1 Å². The number of hydrogen-bond donors (Lipinski definition) is 2. The third kappa shape index (κ3) is 3.28. The summed E-state index contributed by atoms with van der Waals surface area (Å²) in [4.78, 5) is 35.7. The second-order valence-electron chi connectivity index (χ2n) is 4.63.